The first-order chi connectivity index (χ1) is 10.1. The van der Waals surface area contributed by atoms with Gasteiger partial charge in [-0.25, -0.2) is 4.39 Å². The molecule has 4 heteroatoms. The highest BCUT2D eigenvalue weighted by atomic mass is 79.9. The van der Waals surface area contributed by atoms with Crippen LogP contribution in [0.25, 0.3) is 0 Å². The second-order valence-corrected chi connectivity index (χ2v) is 5.95. The fourth-order valence-corrected chi connectivity index (χ4v) is 2.85. The van der Waals surface area contributed by atoms with E-state index in [9.17, 15) is 9.18 Å². The van der Waals surface area contributed by atoms with Crippen LogP contribution < -0.4 is 4.74 Å². The highest BCUT2D eigenvalue weighted by Crippen LogP contribution is 2.26. The van der Waals surface area contributed by atoms with Crippen molar-refractivity contribution in [2.75, 3.05) is 6.61 Å². The van der Waals surface area contributed by atoms with Crippen LogP contribution in [-0.4, -0.2) is 12.4 Å². The minimum atomic E-state index is -0.356. The summed E-state index contributed by atoms with van der Waals surface area (Å²) < 4.78 is 19.0. The summed E-state index contributed by atoms with van der Waals surface area (Å²) in [5.74, 6) is 0.616. The second-order valence-electron chi connectivity index (χ2n) is 5.09. The van der Waals surface area contributed by atoms with E-state index in [-0.39, 0.29) is 11.6 Å². The minimum Gasteiger partial charge on any atom is -0.493 e. The lowest BCUT2D eigenvalue weighted by Gasteiger charge is -2.05. The summed E-state index contributed by atoms with van der Waals surface area (Å²) >= 11 is 3.10. The lowest BCUT2D eigenvalue weighted by atomic mass is 10.0. The van der Waals surface area contributed by atoms with Crippen LogP contribution in [0.1, 0.15) is 27.9 Å². The summed E-state index contributed by atoms with van der Waals surface area (Å²) in [6.07, 6.45) is 2.03. The maximum Gasteiger partial charge on any atom is 0.163 e. The number of hydrogen-bond acceptors (Lipinski definition) is 2. The number of ketones is 1. The van der Waals surface area contributed by atoms with Crippen molar-refractivity contribution in [1.29, 1.82) is 0 Å². The molecule has 0 bridgehead atoms. The highest BCUT2D eigenvalue weighted by Gasteiger charge is 2.13. The zero-order chi connectivity index (χ0) is 14.8. The summed E-state index contributed by atoms with van der Waals surface area (Å²) in [4.78, 5) is 12.1. The molecule has 1 heterocycles. The van der Waals surface area contributed by atoms with Crippen LogP contribution in [0, 0.1) is 5.82 Å². The number of carbonyl (C=O) groups is 1. The molecule has 0 aromatic heterocycles. The molecule has 0 atom stereocenters. The Morgan fingerprint density at radius 2 is 2.10 bits per heavy atom. The summed E-state index contributed by atoms with van der Waals surface area (Å²) in [6.45, 7) is 0.737. The molecular formula is C17H14BrFO2. The van der Waals surface area contributed by atoms with Crippen LogP contribution in [0.3, 0.4) is 0 Å². The summed E-state index contributed by atoms with van der Waals surface area (Å²) in [6, 6.07) is 10.4. The molecule has 108 valence electrons. The van der Waals surface area contributed by atoms with Crippen LogP contribution in [0.4, 0.5) is 4.39 Å². The molecular weight excluding hydrogens is 335 g/mol. The van der Waals surface area contributed by atoms with E-state index in [1.807, 2.05) is 12.1 Å². The third-order valence-electron chi connectivity index (χ3n) is 3.64. The molecule has 0 aliphatic carbocycles. The van der Waals surface area contributed by atoms with E-state index in [0.717, 1.165) is 24.3 Å². The molecule has 0 radical (unpaired) electrons. The van der Waals surface area contributed by atoms with Gasteiger partial charge in [0.1, 0.15) is 11.6 Å². The van der Waals surface area contributed by atoms with E-state index < -0.39 is 0 Å². The molecule has 3 rings (SSSR count). The third-order valence-corrected chi connectivity index (χ3v) is 4.24. The SMILES string of the molecule is O=C(CCc1ccc2c(c1)CCO2)c1ccc(F)c(Br)c1. The molecule has 0 spiro atoms. The molecule has 0 N–H and O–H groups in total. The molecule has 2 nitrogen and oxygen atoms in total. The molecule has 0 saturated heterocycles. The Labute approximate surface area is 131 Å². The first kappa shape index (κ1) is 14.3. The van der Waals surface area contributed by atoms with Crippen molar-refractivity contribution in [2.45, 2.75) is 19.3 Å². The monoisotopic (exact) mass is 348 g/mol. The predicted molar refractivity (Wildman–Crippen MR) is 82.4 cm³/mol. The molecule has 1 aliphatic heterocycles. The Kier molecular flexibility index (Phi) is 4.06. The molecule has 1 aliphatic rings. The summed E-state index contributed by atoms with van der Waals surface area (Å²) in [5, 5.41) is 0. The van der Waals surface area contributed by atoms with Crippen molar-refractivity contribution in [3.63, 3.8) is 0 Å². The van der Waals surface area contributed by atoms with Crippen LogP contribution in [-0.2, 0) is 12.8 Å². The van der Waals surface area contributed by atoms with Crippen molar-refractivity contribution < 1.29 is 13.9 Å². The van der Waals surface area contributed by atoms with E-state index in [1.54, 1.807) is 0 Å². The Morgan fingerprint density at radius 3 is 2.90 bits per heavy atom. The van der Waals surface area contributed by atoms with Crippen molar-refractivity contribution in [1.82, 2.24) is 0 Å². The number of carbonyl (C=O) groups excluding carboxylic acids is 1. The lowest BCUT2D eigenvalue weighted by Crippen LogP contribution is -2.02. The lowest BCUT2D eigenvalue weighted by molar-refractivity contribution is 0.0982. The van der Waals surface area contributed by atoms with E-state index in [1.165, 1.54) is 23.8 Å². The average molecular weight is 349 g/mol. The molecule has 0 unspecified atom stereocenters. The van der Waals surface area contributed by atoms with E-state index in [4.69, 9.17) is 4.74 Å². The largest absolute Gasteiger partial charge is 0.493 e. The molecule has 2 aromatic rings. The highest BCUT2D eigenvalue weighted by molar-refractivity contribution is 9.10. The van der Waals surface area contributed by atoms with Gasteiger partial charge in [0.05, 0.1) is 11.1 Å². The minimum absolute atomic E-state index is 0.0208. The van der Waals surface area contributed by atoms with Gasteiger partial charge >= 0.3 is 0 Å². The van der Waals surface area contributed by atoms with Gasteiger partial charge in [0.2, 0.25) is 0 Å². The van der Waals surface area contributed by atoms with Crippen molar-refractivity contribution in [2.24, 2.45) is 0 Å². The zero-order valence-electron chi connectivity index (χ0n) is 11.4. The smallest absolute Gasteiger partial charge is 0.163 e. The predicted octanol–water partition coefficient (Wildman–Crippen LogP) is 4.34. The van der Waals surface area contributed by atoms with Gasteiger partial charge in [0, 0.05) is 18.4 Å². The number of hydrogen-bond donors (Lipinski definition) is 0. The van der Waals surface area contributed by atoms with Gasteiger partial charge in [0.25, 0.3) is 0 Å². The fraction of sp³-hybridized carbons (Fsp3) is 0.235. The molecule has 21 heavy (non-hydrogen) atoms. The topological polar surface area (TPSA) is 26.3 Å². The molecule has 0 fully saturated rings. The van der Waals surface area contributed by atoms with Crippen molar-refractivity contribution >= 4 is 21.7 Å². The summed E-state index contributed by atoms with van der Waals surface area (Å²) in [5.41, 5.74) is 2.88. The van der Waals surface area contributed by atoms with Crippen LogP contribution in [0.15, 0.2) is 40.9 Å². The number of fused-ring (bicyclic) bond motifs is 1. The number of halogens is 2. The maximum absolute atomic E-state index is 13.2. The Hall–Kier alpha value is -1.68. The standard InChI is InChI=1S/C17H14BrFO2/c18-14-10-12(3-4-15(14)19)16(20)5-1-11-2-6-17-13(9-11)7-8-21-17/h2-4,6,9-10H,1,5,7-8H2. The zero-order valence-corrected chi connectivity index (χ0v) is 13.0. The number of aryl methyl sites for hydroxylation is 1. The van der Waals surface area contributed by atoms with Crippen LogP contribution in [0.2, 0.25) is 0 Å². The van der Waals surface area contributed by atoms with Gasteiger partial charge in [-0.2, -0.15) is 0 Å². The van der Waals surface area contributed by atoms with Gasteiger partial charge in [0.15, 0.2) is 5.78 Å². The fourth-order valence-electron chi connectivity index (χ4n) is 2.47. The van der Waals surface area contributed by atoms with Gasteiger partial charge in [-0.1, -0.05) is 12.1 Å². The number of Topliss-reactive ketones (excluding diaryl/α,β-unsaturated/α-hetero) is 1. The van der Waals surface area contributed by atoms with Gasteiger partial charge in [-0.3, -0.25) is 4.79 Å². The van der Waals surface area contributed by atoms with Crippen molar-refractivity contribution in [3.8, 4) is 5.75 Å². The van der Waals surface area contributed by atoms with Gasteiger partial charge in [-0.05, 0) is 57.7 Å². The normalized spacial score (nSPS) is 12.9. The molecule has 0 amide bonds. The second kappa shape index (κ2) is 5.98. The van der Waals surface area contributed by atoms with Crippen LogP contribution in [0.5, 0.6) is 5.75 Å². The number of benzene rings is 2. The summed E-state index contributed by atoms with van der Waals surface area (Å²) in [7, 11) is 0. The quantitative estimate of drug-likeness (QED) is 0.768. The van der Waals surface area contributed by atoms with Gasteiger partial charge in [-0.15, -0.1) is 0 Å². The Morgan fingerprint density at radius 1 is 1.24 bits per heavy atom. The molecule has 0 saturated carbocycles. The van der Waals surface area contributed by atoms with Crippen LogP contribution >= 0.6 is 15.9 Å². The average Bonchev–Trinajstić information content (AvgIpc) is 2.95. The Balaban J connectivity index is 1.67. The first-order valence-electron chi connectivity index (χ1n) is 6.86. The number of ether oxygens (including phenoxy) is 1. The first-order valence-corrected chi connectivity index (χ1v) is 7.65. The van der Waals surface area contributed by atoms with E-state index >= 15 is 0 Å². The number of rotatable bonds is 4. The van der Waals surface area contributed by atoms with E-state index in [2.05, 4.69) is 22.0 Å². The maximum atomic E-state index is 13.2. The van der Waals surface area contributed by atoms with E-state index in [0.29, 0.717) is 22.9 Å². The molecule has 2 aromatic carbocycles. The Bertz CT molecular complexity index is 697. The van der Waals surface area contributed by atoms with Crippen molar-refractivity contribution in [3.05, 3.63) is 63.4 Å². The van der Waals surface area contributed by atoms with Gasteiger partial charge < -0.3 is 4.74 Å². The third kappa shape index (κ3) is 3.16.